The van der Waals surface area contributed by atoms with Crippen molar-refractivity contribution in [1.82, 2.24) is 4.98 Å². The van der Waals surface area contributed by atoms with Crippen molar-refractivity contribution < 1.29 is 0 Å². The van der Waals surface area contributed by atoms with E-state index < -0.39 is 0 Å². The zero-order valence-corrected chi connectivity index (χ0v) is 19.0. The van der Waals surface area contributed by atoms with Gasteiger partial charge in [0.25, 0.3) is 0 Å². The van der Waals surface area contributed by atoms with Gasteiger partial charge in [-0.05, 0) is 73.5 Å². The van der Waals surface area contributed by atoms with Gasteiger partial charge in [-0.2, -0.15) is 0 Å². The van der Waals surface area contributed by atoms with Crippen molar-refractivity contribution in [2.75, 3.05) is 4.90 Å². The smallest absolute Gasteiger partial charge is 0.0781 e. The molecule has 1 aliphatic rings. The molecule has 160 valence electrons. The second-order valence-corrected chi connectivity index (χ2v) is 9.03. The largest absolute Gasteiger partial charge is 0.310 e. The van der Waals surface area contributed by atoms with Crippen LogP contribution in [0.2, 0.25) is 0 Å². The number of aryl methyl sites for hydroxylation is 4. The first-order valence-corrected chi connectivity index (χ1v) is 11.6. The third-order valence-electron chi connectivity index (χ3n) is 6.67. The summed E-state index contributed by atoms with van der Waals surface area (Å²) in [5.41, 5.74) is 11.3. The molecule has 6 rings (SSSR count). The zero-order chi connectivity index (χ0) is 22.4. The van der Waals surface area contributed by atoms with Crippen molar-refractivity contribution in [2.24, 2.45) is 0 Å². The third kappa shape index (κ3) is 3.48. The fourth-order valence-corrected chi connectivity index (χ4v) is 5.08. The summed E-state index contributed by atoms with van der Waals surface area (Å²) in [7, 11) is 0. The fraction of sp³-hybridized carbons (Fsp3) is 0.129. The molecule has 1 aliphatic heterocycles. The fourth-order valence-electron chi connectivity index (χ4n) is 5.08. The third-order valence-corrected chi connectivity index (χ3v) is 6.67. The predicted octanol–water partition coefficient (Wildman–Crippen LogP) is 8.09. The molecule has 0 fully saturated rings. The van der Waals surface area contributed by atoms with Crippen LogP contribution in [0.15, 0.2) is 97.2 Å². The summed E-state index contributed by atoms with van der Waals surface area (Å²) in [6, 6.07) is 33.1. The average molecular weight is 427 g/mol. The van der Waals surface area contributed by atoms with Crippen LogP contribution >= 0.6 is 0 Å². The molecule has 0 amide bonds. The van der Waals surface area contributed by atoms with Crippen LogP contribution in [0.25, 0.3) is 22.0 Å². The van der Waals surface area contributed by atoms with Gasteiger partial charge in [0.05, 0.1) is 5.69 Å². The minimum absolute atomic E-state index is 1.03. The highest BCUT2D eigenvalue weighted by Crippen LogP contribution is 2.43. The van der Waals surface area contributed by atoms with Crippen LogP contribution < -0.4 is 4.90 Å². The molecule has 4 aromatic carbocycles. The number of benzene rings is 4. The molecule has 0 atom stereocenters. The Kier molecular flexibility index (Phi) is 4.73. The monoisotopic (exact) mass is 426 g/mol. The van der Waals surface area contributed by atoms with Crippen molar-refractivity contribution in [3.05, 3.63) is 119 Å². The molecule has 0 unspecified atom stereocenters. The Morgan fingerprint density at radius 2 is 1.36 bits per heavy atom. The lowest BCUT2D eigenvalue weighted by Crippen LogP contribution is -2.12. The summed E-state index contributed by atoms with van der Waals surface area (Å²) in [6.45, 7) is 4.36. The van der Waals surface area contributed by atoms with Crippen LogP contribution in [-0.4, -0.2) is 4.98 Å². The molecule has 0 spiro atoms. The number of hydrogen-bond donors (Lipinski definition) is 0. The van der Waals surface area contributed by atoms with Crippen molar-refractivity contribution in [3.63, 3.8) is 0 Å². The second kappa shape index (κ2) is 7.90. The number of rotatable bonds is 2. The van der Waals surface area contributed by atoms with Gasteiger partial charge in [0.2, 0.25) is 0 Å². The van der Waals surface area contributed by atoms with E-state index in [4.69, 9.17) is 4.98 Å². The van der Waals surface area contributed by atoms with E-state index in [-0.39, 0.29) is 0 Å². The van der Waals surface area contributed by atoms with Gasteiger partial charge in [0.15, 0.2) is 0 Å². The molecule has 33 heavy (non-hydrogen) atoms. The van der Waals surface area contributed by atoms with E-state index in [1.165, 1.54) is 50.1 Å². The molecule has 0 N–H and O–H groups in total. The first kappa shape index (κ1) is 19.8. The minimum Gasteiger partial charge on any atom is -0.310 e. The highest BCUT2D eigenvalue weighted by Gasteiger charge is 2.23. The number of aromatic nitrogens is 1. The van der Waals surface area contributed by atoms with Gasteiger partial charge >= 0.3 is 0 Å². The van der Waals surface area contributed by atoms with E-state index in [0.29, 0.717) is 0 Å². The Bertz CT molecular complexity index is 1440. The lowest BCUT2D eigenvalue weighted by molar-refractivity contribution is 0.973. The van der Waals surface area contributed by atoms with Gasteiger partial charge in [0.1, 0.15) is 0 Å². The molecule has 1 aromatic heterocycles. The van der Waals surface area contributed by atoms with E-state index in [9.17, 15) is 0 Å². The number of fused-ring (bicyclic) bond motifs is 3. The molecular weight excluding hydrogens is 400 g/mol. The molecule has 2 heteroatoms. The van der Waals surface area contributed by atoms with Gasteiger partial charge in [-0.15, -0.1) is 0 Å². The normalized spacial score (nSPS) is 12.8. The van der Waals surface area contributed by atoms with Gasteiger partial charge < -0.3 is 4.90 Å². The number of anilines is 3. The summed E-state index contributed by atoms with van der Waals surface area (Å²) in [6.07, 6.45) is 4.01. The topological polar surface area (TPSA) is 16.1 Å². The van der Waals surface area contributed by atoms with E-state index in [1.807, 2.05) is 6.20 Å². The summed E-state index contributed by atoms with van der Waals surface area (Å²) in [5.74, 6) is 0. The Labute approximate surface area is 195 Å². The quantitative estimate of drug-likeness (QED) is 0.283. The molecule has 2 nitrogen and oxygen atoms in total. The lowest BCUT2D eigenvalue weighted by atomic mass is 10.0. The first-order chi connectivity index (χ1) is 16.2. The Morgan fingerprint density at radius 3 is 2.09 bits per heavy atom. The summed E-state index contributed by atoms with van der Waals surface area (Å²) >= 11 is 0. The lowest BCUT2D eigenvalue weighted by Gasteiger charge is -2.28. The molecule has 2 heterocycles. The summed E-state index contributed by atoms with van der Waals surface area (Å²) in [4.78, 5) is 7.21. The highest BCUT2D eigenvalue weighted by molar-refractivity contribution is 5.95. The minimum atomic E-state index is 1.03. The summed E-state index contributed by atoms with van der Waals surface area (Å²) < 4.78 is 0. The van der Waals surface area contributed by atoms with Crippen LogP contribution in [0.3, 0.4) is 0 Å². The van der Waals surface area contributed by atoms with Crippen molar-refractivity contribution in [1.29, 1.82) is 0 Å². The van der Waals surface area contributed by atoms with Gasteiger partial charge in [-0.3, -0.25) is 4.98 Å². The maximum absolute atomic E-state index is 4.78. The second-order valence-electron chi connectivity index (χ2n) is 9.03. The molecule has 0 radical (unpaired) electrons. The van der Waals surface area contributed by atoms with E-state index in [0.717, 1.165) is 24.1 Å². The van der Waals surface area contributed by atoms with E-state index in [1.54, 1.807) is 0 Å². The van der Waals surface area contributed by atoms with Gasteiger partial charge in [0, 0.05) is 34.2 Å². The highest BCUT2D eigenvalue weighted by atomic mass is 15.1. The zero-order valence-electron chi connectivity index (χ0n) is 19.0. The molecule has 0 saturated carbocycles. The first-order valence-electron chi connectivity index (χ1n) is 11.6. The van der Waals surface area contributed by atoms with Crippen molar-refractivity contribution >= 4 is 27.8 Å². The maximum Gasteiger partial charge on any atom is 0.0781 e. The van der Waals surface area contributed by atoms with Crippen LogP contribution in [0.1, 0.15) is 22.3 Å². The Morgan fingerprint density at radius 1 is 0.667 bits per heavy atom. The molecule has 0 aliphatic carbocycles. The Hall–Kier alpha value is -3.91. The number of nitrogens with zero attached hydrogens (tertiary/aromatic N) is 2. The summed E-state index contributed by atoms with van der Waals surface area (Å²) in [5, 5.41) is 2.39. The van der Waals surface area contributed by atoms with Crippen molar-refractivity contribution in [3.8, 4) is 11.3 Å². The Balaban J connectivity index is 1.57. The predicted molar refractivity (Wildman–Crippen MR) is 139 cm³/mol. The molecule has 0 saturated heterocycles. The molecule has 5 aromatic rings. The van der Waals surface area contributed by atoms with E-state index in [2.05, 4.69) is 110 Å². The van der Waals surface area contributed by atoms with Crippen LogP contribution in [0.4, 0.5) is 17.1 Å². The maximum atomic E-state index is 4.78. The van der Waals surface area contributed by atoms with Gasteiger partial charge in [-0.1, -0.05) is 71.8 Å². The van der Waals surface area contributed by atoms with Crippen LogP contribution in [0.5, 0.6) is 0 Å². The number of pyridine rings is 1. The molecule has 0 bridgehead atoms. The molecular formula is C31H26N2. The number of hydrogen-bond acceptors (Lipinski definition) is 2. The van der Waals surface area contributed by atoms with E-state index >= 15 is 0 Å². The van der Waals surface area contributed by atoms with Gasteiger partial charge in [-0.25, -0.2) is 0 Å². The average Bonchev–Trinajstić information content (AvgIpc) is 3.00. The van der Waals surface area contributed by atoms with Crippen molar-refractivity contribution in [2.45, 2.75) is 26.7 Å². The SMILES string of the molecule is Cc1ccc2c(c1)CCc1cc(C)ccc1N2c1cccc(-c2nccc3ccccc23)c1. The van der Waals surface area contributed by atoms with Crippen LogP contribution in [-0.2, 0) is 12.8 Å². The van der Waals surface area contributed by atoms with Crippen LogP contribution in [0, 0.1) is 13.8 Å². The standard InChI is InChI=1S/C31H26N2/c1-21-10-14-29-24(18-21)12-13-25-19-22(2)11-15-30(25)33(29)27-8-5-7-26(20-27)31-28-9-4-3-6-23(28)16-17-32-31/h3-11,14-20H,12-13H2,1-2H3.